The predicted octanol–water partition coefficient (Wildman–Crippen LogP) is 7.52. The second kappa shape index (κ2) is 14.8. The summed E-state index contributed by atoms with van der Waals surface area (Å²) in [5.74, 6) is 1.51. The summed E-state index contributed by atoms with van der Waals surface area (Å²) in [6.45, 7) is 7.47. The molecule has 8 nitrogen and oxygen atoms in total. The molecular weight excluding hydrogens is 554 g/mol. The molecule has 3 N–H and O–H groups in total. The molecular formula is C36H39N3O5. The summed E-state index contributed by atoms with van der Waals surface area (Å²) in [6.07, 6.45) is 1.01. The summed E-state index contributed by atoms with van der Waals surface area (Å²) in [6, 6.07) is 31.7. The Balaban J connectivity index is 1.22. The van der Waals surface area contributed by atoms with Gasteiger partial charge in [0.25, 0.3) is 0 Å². The van der Waals surface area contributed by atoms with Gasteiger partial charge in [-0.2, -0.15) is 0 Å². The van der Waals surface area contributed by atoms with Crippen LogP contribution in [0.15, 0.2) is 116 Å². The lowest BCUT2D eigenvalue weighted by molar-refractivity contribution is -0.275. The van der Waals surface area contributed by atoms with E-state index in [-0.39, 0.29) is 30.8 Å². The van der Waals surface area contributed by atoms with Crippen LogP contribution in [0.2, 0.25) is 0 Å². The van der Waals surface area contributed by atoms with Crippen molar-refractivity contribution in [2.45, 2.75) is 32.0 Å². The smallest absolute Gasteiger partial charge is 0.323 e. The molecule has 4 aromatic rings. The third-order valence-electron chi connectivity index (χ3n) is 7.59. The van der Waals surface area contributed by atoms with Gasteiger partial charge in [0, 0.05) is 35.9 Å². The first-order valence-electron chi connectivity index (χ1n) is 14.7. The van der Waals surface area contributed by atoms with Crippen molar-refractivity contribution < 1.29 is 24.1 Å². The second-order valence-electron chi connectivity index (χ2n) is 11.0. The maximum atomic E-state index is 12.7. The van der Waals surface area contributed by atoms with Gasteiger partial charge in [0.05, 0.1) is 18.8 Å². The molecule has 4 atom stereocenters. The Morgan fingerprint density at radius 1 is 0.864 bits per heavy atom. The minimum Gasteiger partial charge on any atom is -0.457 e. The fourth-order valence-electron chi connectivity index (χ4n) is 5.18. The van der Waals surface area contributed by atoms with Gasteiger partial charge in [-0.1, -0.05) is 67.6 Å². The zero-order valence-electron chi connectivity index (χ0n) is 25.1. The van der Waals surface area contributed by atoms with Gasteiger partial charge in [0.2, 0.25) is 0 Å². The number of amides is 2. The Hall–Kier alpha value is -4.47. The van der Waals surface area contributed by atoms with Crippen LogP contribution < -0.4 is 15.4 Å². The van der Waals surface area contributed by atoms with Gasteiger partial charge in [0.15, 0.2) is 6.29 Å². The molecule has 1 fully saturated rings. The lowest BCUT2D eigenvalue weighted by Gasteiger charge is -2.42. The van der Waals surface area contributed by atoms with Crippen LogP contribution in [0, 0.1) is 5.92 Å². The van der Waals surface area contributed by atoms with E-state index in [1.807, 2.05) is 92.0 Å². The van der Waals surface area contributed by atoms with Gasteiger partial charge in [-0.25, -0.2) is 4.79 Å². The Labute approximate surface area is 258 Å². The third kappa shape index (κ3) is 8.12. The first kappa shape index (κ1) is 31.0. The maximum absolute atomic E-state index is 12.7. The van der Waals surface area contributed by atoms with E-state index in [1.54, 1.807) is 24.3 Å². The summed E-state index contributed by atoms with van der Waals surface area (Å²) in [7, 11) is 2.05. The van der Waals surface area contributed by atoms with E-state index in [9.17, 15) is 9.90 Å². The normalized spacial score (nSPS) is 19.7. The zero-order valence-corrected chi connectivity index (χ0v) is 25.1. The van der Waals surface area contributed by atoms with E-state index in [1.165, 1.54) is 0 Å². The Morgan fingerprint density at radius 2 is 1.45 bits per heavy atom. The highest BCUT2D eigenvalue weighted by molar-refractivity contribution is 5.99. The van der Waals surface area contributed by atoms with Crippen molar-refractivity contribution >= 4 is 17.4 Å². The number of ether oxygens (including phenoxy) is 3. The van der Waals surface area contributed by atoms with E-state index in [0.717, 1.165) is 35.5 Å². The van der Waals surface area contributed by atoms with Crippen molar-refractivity contribution in [3.8, 4) is 11.5 Å². The number of aliphatic hydroxyl groups is 1. The molecule has 0 aliphatic carbocycles. The summed E-state index contributed by atoms with van der Waals surface area (Å²) in [4.78, 5) is 14.9. The molecule has 0 unspecified atom stereocenters. The van der Waals surface area contributed by atoms with Crippen LogP contribution in [0.3, 0.4) is 0 Å². The molecule has 0 aromatic heterocycles. The van der Waals surface area contributed by atoms with Gasteiger partial charge in [-0.3, -0.25) is 0 Å². The Kier molecular flexibility index (Phi) is 10.4. The molecule has 0 spiro atoms. The number of nitrogens with zero attached hydrogens (tertiary/aromatic N) is 1. The van der Waals surface area contributed by atoms with Crippen LogP contribution in [0.4, 0.5) is 16.2 Å². The maximum Gasteiger partial charge on any atom is 0.323 e. The quantitative estimate of drug-likeness (QED) is 0.156. The van der Waals surface area contributed by atoms with Crippen LogP contribution in [0.1, 0.15) is 36.0 Å². The minimum atomic E-state index is -0.588. The molecule has 0 radical (unpaired) electrons. The lowest BCUT2D eigenvalue weighted by atomic mass is 9.90. The first-order valence-corrected chi connectivity index (χ1v) is 14.7. The van der Waals surface area contributed by atoms with Gasteiger partial charge >= 0.3 is 6.03 Å². The molecule has 228 valence electrons. The Bertz CT molecular complexity index is 1490. The summed E-state index contributed by atoms with van der Waals surface area (Å²) >= 11 is 0. The number of rotatable bonds is 11. The number of hydrogen-bond acceptors (Lipinski definition) is 6. The molecule has 0 bridgehead atoms. The van der Waals surface area contributed by atoms with E-state index in [0.29, 0.717) is 17.1 Å². The number of para-hydroxylation sites is 1. The summed E-state index contributed by atoms with van der Waals surface area (Å²) in [5, 5.41) is 15.2. The van der Waals surface area contributed by atoms with Crippen molar-refractivity contribution in [1.82, 2.24) is 4.90 Å². The molecule has 0 saturated carbocycles. The summed E-state index contributed by atoms with van der Waals surface area (Å²) in [5.41, 5.74) is 4.02. The fraction of sp³-hybridized carbons (Fsp3) is 0.250. The average Bonchev–Trinajstić information content (AvgIpc) is 3.04. The summed E-state index contributed by atoms with van der Waals surface area (Å²) < 4.78 is 18.8. The average molecular weight is 594 g/mol. The first-order chi connectivity index (χ1) is 21.4. The molecule has 8 heteroatoms. The van der Waals surface area contributed by atoms with Gasteiger partial charge in [-0.15, -0.1) is 6.58 Å². The SMILES string of the molecule is C=CCN(C)C[C@@H]1O[C@H](c2ccc(NC(=O)Nc3ccc(Oc4ccccc4)cc3)cc2)O[C@H](c2ccc(CO)cc2)[C@@H]1C. The van der Waals surface area contributed by atoms with Gasteiger partial charge in [-0.05, 0) is 66.7 Å². The molecule has 44 heavy (non-hydrogen) atoms. The fourth-order valence-corrected chi connectivity index (χ4v) is 5.18. The third-order valence-corrected chi connectivity index (χ3v) is 7.59. The van der Waals surface area contributed by atoms with Crippen LogP contribution in [-0.4, -0.2) is 42.3 Å². The van der Waals surface area contributed by atoms with Crippen molar-refractivity contribution in [3.63, 3.8) is 0 Å². The van der Waals surface area contributed by atoms with E-state index in [2.05, 4.69) is 29.0 Å². The minimum absolute atomic E-state index is 0.00350. The number of nitrogens with one attached hydrogen (secondary N) is 2. The second-order valence-corrected chi connectivity index (χ2v) is 11.0. The van der Waals surface area contributed by atoms with Gasteiger partial charge in [0.1, 0.15) is 11.5 Å². The number of carbonyl (C=O) groups excluding carboxylic acids is 1. The molecule has 1 aliphatic rings. The number of benzene rings is 4. The molecule has 2 amide bonds. The number of hydrogen-bond donors (Lipinski definition) is 3. The number of likely N-dealkylation sites (N-methyl/N-ethyl adjacent to an activating group) is 1. The number of carbonyl (C=O) groups is 1. The van der Waals surface area contributed by atoms with Crippen LogP contribution in [-0.2, 0) is 16.1 Å². The van der Waals surface area contributed by atoms with E-state index in [4.69, 9.17) is 14.2 Å². The predicted molar refractivity (Wildman–Crippen MR) is 173 cm³/mol. The van der Waals surface area contributed by atoms with E-state index < -0.39 is 6.29 Å². The number of urea groups is 1. The van der Waals surface area contributed by atoms with Crippen LogP contribution in [0.5, 0.6) is 11.5 Å². The van der Waals surface area contributed by atoms with Crippen molar-refractivity contribution in [2.24, 2.45) is 5.92 Å². The molecule has 4 aromatic carbocycles. The van der Waals surface area contributed by atoms with Crippen molar-refractivity contribution in [1.29, 1.82) is 0 Å². The standard InChI is InChI=1S/C36H39N3O5/c1-4-22-39(3)23-33-25(2)34(27-12-10-26(24-40)11-13-27)44-35(43-33)28-14-16-29(17-15-28)37-36(41)38-30-18-20-32(21-19-30)42-31-8-6-5-7-9-31/h4-21,25,33-35,40H,1,22-24H2,2-3H3,(H2,37,38,41)/t25-,33+,34+,35+/m1/s1. The molecule has 1 heterocycles. The van der Waals surface area contributed by atoms with Gasteiger partial charge < -0.3 is 34.9 Å². The van der Waals surface area contributed by atoms with Crippen molar-refractivity contribution in [3.05, 3.63) is 132 Å². The Morgan fingerprint density at radius 3 is 2.07 bits per heavy atom. The topological polar surface area (TPSA) is 92.3 Å². The highest BCUT2D eigenvalue weighted by atomic mass is 16.7. The molecule has 5 rings (SSSR count). The number of aliphatic hydroxyl groups excluding tert-OH is 1. The van der Waals surface area contributed by atoms with Crippen LogP contribution >= 0.6 is 0 Å². The monoisotopic (exact) mass is 593 g/mol. The highest BCUT2D eigenvalue weighted by Crippen LogP contribution is 2.42. The largest absolute Gasteiger partial charge is 0.457 e. The zero-order chi connectivity index (χ0) is 30.9. The highest BCUT2D eigenvalue weighted by Gasteiger charge is 2.38. The van der Waals surface area contributed by atoms with Crippen molar-refractivity contribution in [2.75, 3.05) is 30.8 Å². The molecule has 1 aliphatic heterocycles. The van der Waals surface area contributed by atoms with Crippen LogP contribution in [0.25, 0.3) is 0 Å². The van der Waals surface area contributed by atoms with E-state index >= 15 is 0 Å². The number of anilines is 2. The lowest BCUT2D eigenvalue weighted by Crippen LogP contribution is -2.43. The molecule has 1 saturated heterocycles.